The third-order valence-corrected chi connectivity index (χ3v) is 3.07. The quantitative estimate of drug-likeness (QED) is 0.561. The molecule has 1 N–H and O–H groups in total. The van der Waals surface area contributed by atoms with Crippen molar-refractivity contribution in [3.05, 3.63) is 58.1 Å². The molecule has 0 aliphatic carbocycles. The number of aromatic nitrogens is 2. The van der Waals surface area contributed by atoms with E-state index in [0.717, 1.165) is 11.0 Å². The Morgan fingerprint density at radius 1 is 1.21 bits per heavy atom. The highest BCUT2D eigenvalue weighted by Crippen LogP contribution is 2.26. The number of aryl methyl sites for hydroxylation is 1. The summed E-state index contributed by atoms with van der Waals surface area (Å²) in [5, 5.41) is 11.0. The normalized spacial score (nSPS) is 10.8. The van der Waals surface area contributed by atoms with Gasteiger partial charge >= 0.3 is 0 Å². The Labute approximate surface area is 109 Å². The van der Waals surface area contributed by atoms with E-state index in [1.54, 1.807) is 19.1 Å². The molecule has 0 spiro atoms. The molecule has 1 heterocycles. The van der Waals surface area contributed by atoms with Crippen LogP contribution in [0.1, 0.15) is 5.56 Å². The standard InChI is InChI=1S/C14H11N3O2/c1-9-6-7-10(8-13(9)17(18)19)14-15-11-4-2-3-5-12(11)16-14/h2-8H,1H3,(H,15,16). The highest BCUT2D eigenvalue weighted by molar-refractivity contribution is 5.79. The third-order valence-electron chi connectivity index (χ3n) is 3.07. The van der Waals surface area contributed by atoms with Crippen molar-refractivity contribution in [3.8, 4) is 11.4 Å². The zero-order chi connectivity index (χ0) is 13.4. The van der Waals surface area contributed by atoms with E-state index in [0.29, 0.717) is 17.0 Å². The van der Waals surface area contributed by atoms with E-state index in [1.807, 2.05) is 30.3 Å². The van der Waals surface area contributed by atoms with Crippen LogP contribution in [0.5, 0.6) is 0 Å². The number of nitro groups is 1. The smallest absolute Gasteiger partial charge is 0.273 e. The highest BCUT2D eigenvalue weighted by Gasteiger charge is 2.13. The zero-order valence-corrected chi connectivity index (χ0v) is 10.3. The number of nitrogens with one attached hydrogen (secondary N) is 1. The van der Waals surface area contributed by atoms with Crippen molar-refractivity contribution >= 4 is 16.7 Å². The predicted molar refractivity (Wildman–Crippen MR) is 72.9 cm³/mol. The van der Waals surface area contributed by atoms with Gasteiger partial charge in [-0.2, -0.15) is 0 Å². The van der Waals surface area contributed by atoms with E-state index in [2.05, 4.69) is 9.97 Å². The van der Waals surface area contributed by atoms with Crippen LogP contribution in [-0.4, -0.2) is 14.9 Å². The molecule has 1 aromatic heterocycles. The average molecular weight is 253 g/mol. The first kappa shape index (κ1) is 11.4. The molecule has 0 unspecified atom stereocenters. The molecule has 0 atom stereocenters. The van der Waals surface area contributed by atoms with Crippen molar-refractivity contribution < 1.29 is 4.92 Å². The molecular formula is C14H11N3O2. The van der Waals surface area contributed by atoms with Crippen LogP contribution in [0.2, 0.25) is 0 Å². The van der Waals surface area contributed by atoms with Crippen molar-refractivity contribution in [2.24, 2.45) is 0 Å². The van der Waals surface area contributed by atoms with Crippen molar-refractivity contribution in [3.63, 3.8) is 0 Å². The van der Waals surface area contributed by atoms with Crippen molar-refractivity contribution in [1.82, 2.24) is 9.97 Å². The molecule has 0 saturated heterocycles. The van der Waals surface area contributed by atoms with E-state index in [1.165, 1.54) is 0 Å². The summed E-state index contributed by atoms with van der Waals surface area (Å²) in [6.45, 7) is 1.72. The van der Waals surface area contributed by atoms with Gasteiger partial charge in [0.25, 0.3) is 5.69 Å². The van der Waals surface area contributed by atoms with Crippen molar-refractivity contribution in [2.75, 3.05) is 0 Å². The second-order valence-corrected chi connectivity index (χ2v) is 4.36. The number of para-hydroxylation sites is 2. The topological polar surface area (TPSA) is 71.8 Å². The number of hydrogen-bond donors (Lipinski definition) is 1. The van der Waals surface area contributed by atoms with Crippen molar-refractivity contribution in [1.29, 1.82) is 0 Å². The highest BCUT2D eigenvalue weighted by atomic mass is 16.6. The predicted octanol–water partition coefficient (Wildman–Crippen LogP) is 3.45. The summed E-state index contributed by atoms with van der Waals surface area (Å²) < 4.78 is 0. The van der Waals surface area contributed by atoms with Crippen LogP contribution in [0.15, 0.2) is 42.5 Å². The van der Waals surface area contributed by atoms with Gasteiger partial charge in [0.1, 0.15) is 5.82 Å². The molecule has 2 aromatic carbocycles. The number of benzene rings is 2. The number of hydrogen-bond acceptors (Lipinski definition) is 3. The summed E-state index contributed by atoms with van der Waals surface area (Å²) in [5.74, 6) is 0.643. The fourth-order valence-corrected chi connectivity index (χ4v) is 2.04. The van der Waals surface area contributed by atoms with Gasteiger partial charge in [0.2, 0.25) is 0 Å². The number of nitrogens with zero attached hydrogens (tertiary/aromatic N) is 2. The average Bonchev–Trinajstić information content (AvgIpc) is 2.82. The van der Waals surface area contributed by atoms with Crippen LogP contribution in [0.4, 0.5) is 5.69 Å². The summed E-state index contributed by atoms with van der Waals surface area (Å²) in [6.07, 6.45) is 0. The number of imidazole rings is 1. The maximum absolute atomic E-state index is 11.0. The minimum atomic E-state index is -0.374. The summed E-state index contributed by atoms with van der Waals surface area (Å²) in [6, 6.07) is 12.8. The van der Waals surface area contributed by atoms with Gasteiger partial charge in [0.05, 0.1) is 16.0 Å². The van der Waals surface area contributed by atoms with Crippen LogP contribution in [0.3, 0.4) is 0 Å². The molecule has 5 nitrogen and oxygen atoms in total. The number of H-pyrrole nitrogens is 1. The molecule has 3 aromatic rings. The molecule has 0 radical (unpaired) electrons. The lowest BCUT2D eigenvalue weighted by Gasteiger charge is -2.00. The molecule has 5 heteroatoms. The van der Waals surface area contributed by atoms with Gasteiger partial charge in [0.15, 0.2) is 0 Å². The monoisotopic (exact) mass is 253 g/mol. The molecule has 0 amide bonds. The first-order valence-electron chi connectivity index (χ1n) is 5.85. The molecule has 3 rings (SSSR count). The second kappa shape index (κ2) is 4.20. The molecular weight excluding hydrogens is 242 g/mol. The summed E-state index contributed by atoms with van der Waals surface area (Å²) in [5.41, 5.74) is 3.23. The van der Waals surface area contributed by atoms with Gasteiger partial charge in [0, 0.05) is 17.2 Å². The Morgan fingerprint density at radius 2 is 2.00 bits per heavy atom. The molecule has 0 aliphatic heterocycles. The van der Waals surface area contributed by atoms with Crippen LogP contribution in [-0.2, 0) is 0 Å². The Balaban J connectivity index is 2.16. The van der Waals surface area contributed by atoms with E-state index in [9.17, 15) is 10.1 Å². The Hall–Kier alpha value is -2.69. The number of nitro benzene ring substituents is 1. The van der Waals surface area contributed by atoms with E-state index in [4.69, 9.17) is 0 Å². The lowest BCUT2D eigenvalue weighted by molar-refractivity contribution is -0.385. The van der Waals surface area contributed by atoms with Gasteiger partial charge in [-0.05, 0) is 19.1 Å². The maximum atomic E-state index is 11.0. The SMILES string of the molecule is Cc1ccc(-c2nc3ccccc3[nH]2)cc1[N+](=O)[O-]. The van der Waals surface area contributed by atoms with Gasteiger partial charge in [-0.25, -0.2) is 4.98 Å². The molecule has 94 valence electrons. The number of aromatic amines is 1. The van der Waals surface area contributed by atoms with Gasteiger partial charge in [-0.1, -0.05) is 24.3 Å². The van der Waals surface area contributed by atoms with Gasteiger partial charge in [-0.15, -0.1) is 0 Å². The first-order valence-corrected chi connectivity index (χ1v) is 5.85. The summed E-state index contributed by atoms with van der Waals surface area (Å²) >= 11 is 0. The molecule has 0 saturated carbocycles. The number of fused-ring (bicyclic) bond motifs is 1. The van der Waals surface area contributed by atoms with Crippen LogP contribution < -0.4 is 0 Å². The fourth-order valence-electron chi connectivity index (χ4n) is 2.04. The number of rotatable bonds is 2. The van der Waals surface area contributed by atoms with Crippen LogP contribution in [0.25, 0.3) is 22.4 Å². The summed E-state index contributed by atoms with van der Waals surface area (Å²) in [7, 11) is 0. The molecule has 0 bridgehead atoms. The zero-order valence-electron chi connectivity index (χ0n) is 10.3. The van der Waals surface area contributed by atoms with Gasteiger partial charge in [-0.3, -0.25) is 10.1 Å². The van der Waals surface area contributed by atoms with Gasteiger partial charge < -0.3 is 4.98 Å². The lowest BCUT2D eigenvalue weighted by Crippen LogP contribution is -1.92. The van der Waals surface area contributed by atoms with E-state index in [-0.39, 0.29) is 10.6 Å². The maximum Gasteiger partial charge on any atom is 0.273 e. The third kappa shape index (κ3) is 1.95. The Morgan fingerprint density at radius 3 is 2.74 bits per heavy atom. The Kier molecular flexibility index (Phi) is 2.52. The van der Waals surface area contributed by atoms with Crippen LogP contribution in [0, 0.1) is 17.0 Å². The lowest BCUT2D eigenvalue weighted by atomic mass is 10.1. The van der Waals surface area contributed by atoms with Crippen molar-refractivity contribution in [2.45, 2.75) is 6.92 Å². The largest absolute Gasteiger partial charge is 0.338 e. The fraction of sp³-hybridized carbons (Fsp3) is 0.0714. The van der Waals surface area contributed by atoms with E-state index >= 15 is 0 Å². The molecule has 0 aliphatic rings. The second-order valence-electron chi connectivity index (χ2n) is 4.36. The Bertz CT molecular complexity index is 744. The first-order chi connectivity index (χ1) is 9.15. The van der Waals surface area contributed by atoms with Crippen LogP contribution >= 0.6 is 0 Å². The van der Waals surface area contributed by atoms with E-state index < -0.39 is 0 Å². The summed E-state index contributed by atoms with van der Waals surface area (Å²) in [4.78, 5) is 18.2. The molecule has 0 fully saturated rings. The minimum Gasteiger partial charge on any atom is -0.338 e. The molecule has 19 heavy (non-hydrogen) atoms. The minimum absolute atomic E-state index is 0.109.